The van der Waals surface area contributed by atoms with Crippen molar-refractivity contribution in [3.05, 3.63) is 70.7 Å². The Labute approximate surface area is 129 Å². The predicted octanol–water partition coefficient (Wildman–Crippen LogP) is 5.00. The lowest BCUT2D eigenvalue weighted by Crippen LogP contribution is -1.99. The van der Waals surface area contributed by atoms with E-state index >= 15 is 0 Å². The van der Waals surface area contributed by atoms with E-state index in [1.54, 1.807) is 0 Å². The summed E-state index contributed by atoms with van der Waals surface area (Å²) in [6, 6.07) is 18.5. The zero-order chi connectivity index (χ0) is 14.8. The zero-order valence-electron chi connectivity index (χ0n) is 11.9. The largest absolute Gasteiger partial charge is 0.396 e. The van der Waals surface area contributed by atoms with Gasteiger partial charge >= 0.3 is 0 Å². The van der Waals surface area contributed by atoms with Crippen LogP contribution in [-0.2, 0) is 6.42 Å². The van der Waals surface area contributed by atoms with Crippen molar-refractivity contribution < 1.29 is 5.11 Å². The Balaban J connectivity index is 2.35. The van der Waals surface area contributed by atoms with Crippen molar-refractivity contribution in [2.45, 2.75) is 13.3 Å². The summed E-state index contributed by atoms with van der Waals surface area (Å²) in [5.41, 5.74) is 4.77. The molecule has 0 heterocycles. The molecule has 2 heteroatoms. The summed E-state index contributed by atoms with van der Waals surface area (Å²) >= 11 is 6.01. The number of aliphatic hydroxyl groups excluding tert-OH is 1. The Hall–Kier alpha value is -1.83. The maximum Gasteiger partial charge on any atom is 0.0471 e. The summed E-state index contributed by atoms with van der Waals surface area (Å²) in [7, 11) is 0. The molecule has 0 fully saturated rings. The molecule has 0 atom stereocenters. The molecule has 0 aliphatic heterocycles. The fraction of sp³-hybridized carbons (Fsp3) is 0.158. The molecule has 0 unspecified atom stereocenters. The number of benzene rings is 3. The highest BCUT2D eigenvalue weighted by Gasteiger charge is 2.12. The van der Waals surface area contributed by atoms with Crippen LogP contribution >= 0.6 is 11.6 Å². The van der Waals surface area contributed by atoms with Crippen molar-refractivity contribution >= 4 is 22.4 Å². The Kier molecular flexibility index (Phi) is 3.96. The maximum absolute atomic E-state index is 9.41. The normalized spacial score (nSPS) is 11.0. The highest BCUT2D eigenvalue weighted by molar-refractivity contribution is 6.30. The van der Waals surface area contributed by atoms with Crippen LogP contribution in [0.4, 0.5) is 0 Å². The number of aryl methyl sites for hydroxylation is 1. The fourth-order valence-corrected chi connectivity index (χ4v) is 3.04. The predicted molar refractivity (Wildman–Crippen MR) is 89.9 cm³/mol. The number of fused-ring (bicyclic) bond motifs is 1. The lowest BCUT2D eigenvalue weighted by Gasteiger charge is -2.16. The quantitative estimate of drug-likeness (QED) is 0.721. The molecule has 0 aromatic heterocycles. The lowest BCUT2D eigenvalue weighted by atomic mass is 9.89. The first-order valence-electron chi connectivity index (χ1n) is 7.08. The topological polar surface area (TPSA) is 20.2 Å². The molecule has 0 saturated heterocycles. The first kappa shape index (κ1) is 14.1. The van der Waals surface area contributed by atoms with Crippen LogP contribution in [0.25, 0.3) is 21.9 Å². The van der Waals surface area contributed by atoms with Crippen molar-refractivity contribution in [3.8, 4) is 11.1 Å². The van der Waals surface area contributed by atoms with Crippen LogP contribution in [0.15, 0.2) is 54.6 Å². The maximum atomic E-state index is 9.41. The molecule has 3 aromatic carbocycles. The van der Waals surface area contributed by atoms with Crippen molar-refractivity contribution in [3.63, 3.8) is 0 Å². The van der Waals surface area contributed by atoms with E-state index in [0.29, 0.717) is 6.42 Å². The van der Waals surface area contributed by atoms with Gasteiger partial charge in [0.1, 0.15) is 0 Å². The number of hydrogen-bond donors (Lipinski definition) is 1. The van der Waals surface area contributed by atoms with Crippen molar-refractivity contribution in [2.24, 2.45) is 0 Å². The van der Waals surface area contributed by atoms with Crippen LogP contribution in [0.1, 0.15) is 11.1 Å². The molecule has 3 aromatic rings. The second-order valence-electron chi connectivity index (χ2n) is 5.25. The van der Waals surface area contributed by atoms with Crippen molar-refractivity contribution in [1.29, 1.82) is 0 Å². The van der Waals surface area contributed by atoms with E-state index in [0.717, 1.165) is 10.6 Å². The average Bonchev–Trinajstić information content (AvgIpc) is 2.49. The second kappa shape index (κ2) is 5.88. The van der Waals surface area contributed by atoms with Gasteiger partial charge in [-0.05, 0) is 58.5 Å². The van der Waals surface area contributed by atoms with E-state index in [1.807, 2.05) is 24.3 Å². The van der Waals surface area contributed by atoms with E-state index in [1.165, 1.54) is 27.5 Å². The van der Waals surface area contributed by atoms with E-state index in [9.17, 15) is 5.11 Å². The third-order valence-corrected chi connectivity index (χ3v) is 4.13. The molecule has 106 valence electrons. The Morgan fingerprint density at radius 1 is 1.00 bits per heavy atom. The van der Waals surface area contributed by atoms with Crippen LogP contribution in [0, 0.1) is 6.92 Å². The second-order valence-corrected chi connectivity index (χ2v) is 5.69. The molecule has 0 amide bonds. The molecule has 0 aliphatic carbocycles. The summed E-state index contributed by atoms with van der Waals surface area (Å²) in [6.45, 7) is 2.26. The van der Waals surface area contributed by atoms with E-state index in [-0.39, 0.29) is 6.61 Å². The van der Waals surface area contributed by atoms with Gasteiger partial charge in [0.05, 0.1) is 0 Å². The van der Waals surface area contributed by atoms with Gasteiger partial charge in [0.2, 0.25) is 0 Å². The van der Waals surface area contributed by atoms with Gasteiger partial charge in [-0.3, -0.25) is 0 Å². The molecule has 0 spiro atoms. The molecule has 21 heavy (non-hydrogen) atoms. The molecule has 1 nitrogen and oxygen atoms in total. The summed E-state index contributed by atoms with van der Waals surface area (Å²) in [6.07, 6.45) is 0.661. The van der Waals surface area contributed by atoms with Gasteiger partial charge in [-0.2, -0.15) is 0 Å². The van der Waals surface area contributed by atoms with Crippen molar-refractivity contribution in [2.75, 3.05) is 6.61 Å². The Bertz CT molecular complexity index is 775. The first-order valence-corrected chi connectivity index (χ1v) is 7.46. The highest BCUT2D eigenvalue weighted by Crippen LogP contribution is 2.35. The van der Waals surface area contributed by atoms with Crippen LogP contribution < -0.4 is 0 Å². The van der Waals surface area contributed by atoms with E-state index in [4.69, 9.17) is 11.6 Å². The van der Waals surface area contributed by atoms with Crippen LogP contribution in [0.2, 0.25) is 5.02 Å². The standard InChI is InChI=1S/C19H17ClO/c1-13-12-15-4-2-3-5-18(15)19(17(13)10-11-21)14-6-8-16(20)9-7-14/h2-9,12,21H,10-11H2,1H3. The monoisotopic (exact) mass is 296 g/mol. The number of rotatable bonds is 3. The smallest absolute Gasteiger partial charge is 0.0471 e. The molecule has 0 bridgehead atoms. The van der Waals surface area contributed by atoms with Gasteiger partial charge in [-0.15, -0.1) is 0 Å². The molecule has 0 aliphatic rings. The molecule has 1 N–H and O–H groups in total. The number of hydrogen-bond acceptors (Lipinski definition) is 1. The average molecular weight is 297 g/mol. The summed E-state index contributed by atoms with van der Waals surface area (Å²) in [4.78, 5) is 0. The Morgan fingerprint density at radius 2 is 1.71 bits per heavy atom. The van der Waals surface area contributed by atoms with Gasteiger partial charge in [0, 0.05) is 11.6 Å². The van der Waals surface area contributed by atoms with E-state index in [2.05, 4.69) is 37.3 Å². The van der Waals surface area contributed by atoms with Crippen LogP contribution in [-0.4, -0.2) is 11.7 Å². The minimum absolute atomic E-state index is 0.153. The van der Waals surface area contributed by atoms with Crippen molar-refractivity contribution in [1.82, 2.24) is 0 Å². The van der Waals surface area contributed by atoms with Gasteiger partial charge in [0.25, 0.3) is 0 Å². The molecule has 0 radical (unpaired) electrons. The van der Waals surface area contributed by atoms with Crippen LogP contribution in [0.3, 0.4) is 0 Å². The molecular formula is C19H17ClO. The summed E-state index contributed by atoms with van der Waals surface area (Å²) in [5.74, 6) is 0. The minimum Gasteiger partial charge on any atom is -0.396 e. The van der Waals surface area contributed by atoms with Crippen LogP contribution in [0.5, 0.6) is 0 Å². The Morgan fingerprint density at radius 3 is 2.43 bits per heavy atom. The van der Waals surface area contributed by atoms with Gasteiger partial charge in [-0.1, -0.05) is 54.1 Å². The zero-order valence-corrected chi connectivity index (χ0v) is 12.7. The van der Waals surface area contributed by atoms with E-state index < -0.39 is 0 Å². The third-order valence-electron chi connectivity index (χ3n) is 3.87. The van der Waals surface area contributed by atoms with Gasteiger partial charge < -0.3 is 5.11 Å². The number of aliphatic hydroxyl groups is 1. The first-order chi connectivity index (χ1) is 10.2. The van der Waals surface area contributed by atoms with Gasteiger partial charge in [0.15, 0.2) is 0 Å². The molecule has 3 rings (SSSR count). The summed E-state index contributed by atoms with van der Waals surface area (Å²) in [5, 5.41) is 12.6. The fourth-order valence-electron chi connectivity index (χ4n) is 2.91. The third kappa shape index (κ3) is 2.67. The minimum atomic E-state index is 0.153. The lowest BCUT2D eigenvalue weighted by molar-refractivity contribution is 0.299. The summed E-state index contributed by atoms with van der Waals surface area (Å²) < 4.78 is 0. The SMILES string of the molecule is Cc1cc2ccccc2c(-c2ccc(Cl)cc2)c1CCO. The molecular weight excluding hydrogens is 280 g/mol. The highest BCUT2D eigenvalue weighted by atomic mass is 35.5. The number of halogens is 1. The van der Waals surface area contributed by atoms with Gasteiger partial charge in [-0.25, -0.2) is 0 Å². The molecule has 0 saturated carbocycles.